The maximum absolute atomic E-state index is 10.5. The Morgan fingerprint density at radius 1 is 1.53 bits per heavy atom. The molecule has 1 aromatic rings. The summed E-state index contributed by atoms with van der Waals surface area (Å²) in [6.07, 6.45) is 1.55. The van der Waals surface area contributed by atoms with Crippen LogP contribution in [0, 0.1) is 11.8 Å². The summed E-state index contributed by atoms with van der Waals surface area (Å²) in [5.74, 6) is 5.96. The summed E-state index contributed by atoms with van der Waals surface area (Å²) < 4.78 is 0. The van der Waals surface area contributed by atoms with Gasteiger partial charge in [0.2, 0.25) is 0 Å². The molecule has 0 radical (unpaired) electrons. The molecule has 0 aliphatic rings. The SMILES string of the molecule is CNCCC#Cc1ccc(C=O)cc1Cl. The second-order valence-corrected chi connectivity index (χ2v) is 3.42. The first kappa shape index (κ1) is 11.8. The molecule has 3 heteroatoms. The largest absolute Gasteiger partial charge is 0.319 e. The summed E-state index contributed by atoms with van der Waals surface area (Å²) in [7, 11) is 1.88. The van der Waals surface area contributed by atoms with Crippen molar-refractivity contribution in [1.29, 1.82) is 0 Å². The van der Waals surface area contributed by atoms with Gasteiger partial charge in [0.15, 0.2) is 0 Å². The van der Waals surface area contributed by atoms with Crippen LogP contribution < -0.4 is 5.32 Å². The normalized spacial score (nSPS) is 9.20. The van der Waals surface area contributed by atoms with Crippen molar-refractivity contribution in [3.63, 3.8) is 0 Å². The van der Waals surface area contributed by atoms with E-state index in [0.29, 0.717) is 10.6 Å². The minimum Gasteiger partial charge on any atom is -0.319 e. The molecule has 0 fully saturated rings. The van der Waals surface area contributed by atoms with E-state index in [2.05, 4.69) is 17.2 Å². The third-order valence-electron chi connectivity index (χ3n) is 1.85. The molecule has 0 aliphatic carbocycles. The van der Waals surface area contributed by atoms with Crippen LogP contribution in [0.2, 0.25) is 5.02 Å². The van der Waals surface area contributed by atoms with Crippen LogP contribution in [0.1, 0.15) is 22.3 Å². The number of benzene rings is 1. The summed E-state index contributed by atoms with van der Waals surface area (Å²) in [5, 5.41) is 3.53. The molecule has 1 aromatic carbocycles. The second kappa shape index (κ2) is 6.23. The number of aldehydes is 1. The minimum absolute atomic E-state index is 0.525. The average Bonchev–Trinajstić information content (AvgIpc) is 2.26. The Morgan fingerprint density at radius 3 is 2.93 bits per heavy atom. The van der Waals surface area contributed by atoms with Gasteiger partial charge in [0, 0.05) is 24.1 Å². The van der Waals surface area contributed by atoms with Crippen molar-refractivity contribution in [2.45, 2.75) is 6.42 Å². The molecule has 0 bridgehead atoms. The van der Waals surface area contributed by atoms with Crippen LogP contribution in [0.4, 0.5) is 0 Å². The van der Waals surface area contributed by atoms with Crippen LogP contribution in [-0.2, 0) is 0 Å². The minimum atomic E-state index is 0.525. The molecule has 0 unspecified atom stereocenters. The second-order valence-electron chi connectivity index (χ2n) is 3.01. The van der Waals surface area contributed by atoms with Crippen LogP contribution >= 0.6 is 11.6 Å². The van der Waals surface area contributed by atoms with E-state index in [4.69, 9.17) is 11.6 Å². The molecule has 0 aromatic heterocycles. The lowest BCUT2D eigenvalue weighted by molar-refractivity contribution is 0.112. The lowest BCUT2D eigenvalue weighted by Gasteiger charge is -1.96. The smallest absolute Gasteiger partial charge is 0.150 e. The van der Waals surface area contributed by atoms with E-state index in [1.165, 1.54) is 0 Å². The van der Waals surface area contributed by atoms with E-state index in [-0.39, 0.29) is 0 Å². The van der Waals surface area contributed by atoms with Crippen molar-refractivity contribution in [3.05, 3.63) is 34.3 Å². The van der Waals surface area contributed by atoms with Crippen LogP contribution in [-0.4, -0.2) is 19.9 Å². The Hall–Kier alpha value is -1.30. The number of nitrogens with one attached hydrogen (secondary N) is 1. The molecule has 1 rings (SSSR count). The highest BCUT2D eigenvalue weighted by atomic mass is 35.5. The first-order valence-corrected chi connectivity index (χ1v) is 5.04. The van der Waals surface area contributed by atoms with Crippen molar-refractivity contribution in [2.75, 3.05) is 13.6 Å². The van der Waals surface area contributed by atoms with Gasteiger partial charge in [-0.15, -0.1) is 0 Å². The molecule has 0 amide bonds. The van der Waals surface area contributed by atoms with Gasteiger partial charge >= 0.3 is 0 Å². The molecule has 78 valence electrons. The highest BCUT2D eigenvalue weighted by molar-refractivity contribution is 6.32. The van der Waals surface area contributed by atoms with Gasteiger partial charge in [-0.3, -0.25) is 4.79 Å². The van der Waals surface area contributed by atoms with Crippen molar-refractivity contribution in [3.8, 4) is 11.8 Å². The zero-order valence-corrected chi connectivity index (χ0v) is 9.27. The molecule has 2 nitrogen and oxygen atoms in total. The topological polar surface area (TPSA) is 29.1 Å². The highest BCUT2D eigenvalue weighted by Crippen LogP contribution is 2.15. The van der Waals surface area contributed by atoms with Gasteiger partial charge in [0.25, 0.3) is 0 Å². The van der Waals surface area contributed by atoms with Gasteiger partial charge in [0.05, 0.1) is 5.02 Å². The van der Waals surface area contributed by atoms with E-state index >= 15 is 0 Å². The number of carbonyl (C=O) groups excluding carboxylic acids is 1. The van der Waals surface area contributed by atoms with Crippen molar-refractivity contribution >= 4 is 17.9 Å². The fourth-order valence-electron chi connectivity index (χ4n) is 1.05. The molecule has 0 saturated carbocycles. The molecule has 0 spiro atoms. The highest BCUT2D eigenvalue weighted by Gasteiger charge is 1.97. The van der Waals surface area contributed by atoms with Gasteiger partial charge in [-0.2, -0.15) is 0 Å². The summed E-state index contributed by atoms with van der Waals surface area (Å²) in [6, 6.07) is 5.09. The Labute approximate surface area is 94.6 Å². The molecular weight excluding hydrogens is 210 g/mol. The molecule has 0 heterocycles. The Bertz CT molecular complexity index is 404. The van der Waals surface area contributed by atoms with E-state index in [1.807, 2.05) is 7.05 Å². The van der Waals surface area contributed by atoms with Crippen molar-refractivity contribution in [1.82, 2.24) is 5.32 Å². The fourth-order valence-corrected chi connectivity index (χ4v) is 1.29. The molecule has 1 N–H and O–H groups in total. The predicted molar refractivity (Wildman–Crippen MR) is 62.3 cm³/mol. The summed E-state index contributed by atoms with van der Waals surface area (Å²) >= 11 is 5.94. The maximum atomic E-state index is 10.5. The number of carbonyl (C=O) groups is 1. The molecule has 0 saturated heterocycles. The third kappa shape index (κ3) is 3.75. The molecule has 15 heavy (non-hydrogen) atoms. The van der Waals surface area contributed by atoms with Crippen LogP contribution in [0.15, 0.2) is 18.2 Å². The lowest BCUT2D eigenvalue weighted by atomic mass is 10.1. The maximum Gasteiger partial charge on any atom is 0.150 e. The summed E-state index contributed by atoms with van der Waals surface area (Å²) in [4.78, 5) is 10.5. The number of hydrogen-bond donors (Lipinski definition) is 1. The van der Waals surface area contributed by atoms with Gasteiger partial charge in [0.1, 0.15) is 6.29 Å². The van der Waals surface area contributed by atoms with E-state index in [1.54, 1.807) is 18.2 Å². The number of halogens is 1. The van der Waals surface area contributed by atoms with Gasteiger partial charge in [-0.1, -0.05) is 29.5 Å². The van der Waals surface area contributed by atoms with Crippen molar-refractivity contribution < 1.29 is 4.79 Å². The molecule has 0 aliphatic heterocycles. The average molecular weight is 222 g/mol. The summed E-state index contributed by atoms with van der Waals surface area (Å²) in [5.41, 5.74) is 1.33. The number of rotatable bonds is 3. The van der Waals surface area contributed by atoms with E-state index in [0.717, 1.165) is 24.8 Å². The fraction of sp³-hybridized carbons (Fsp3) is 0.250. The van der Waals surface area contributed by atoms with Crippen LogP contribution in [0.25, 0.3) is 0 Å². The standard InChI is InChI=1S/C12H12ClNO/c1-14-7-3-2-4-11-6-5-10(9-15)8-12(11)13/h5-6,8-9,14H,3,7H2,1H3. The number of hydrogen-bond acceptors (Lipinski definition) is 2. The first-order chi connectivity index (χ1) is 7.27. The molecular formula is C12H12ClNO. The summed E-state index contributed by atoms with van der Waals surface area (Å²) in [6.45, 7) is 0.858. The van der Waals surface area contributed by atoms with E-state index in [9.17, 15) is 4.79 Å². The third-order valence-corrected chi connectivity index (χ3v) is 2.16. The zero-order chi connectivity index (χ0) is 11.1. The van der Waals surface area contributed by atoms with Crippen LogP contribution in [0.3, 0.4) is 0 Å². The Morgan fingerprint density at radius 2 is 2.33 bits per heavy atom. The Kier molecular flexibility index (Phi) is 4.89. The quantitative estimate of drug-likeness (QED) is 0.481. The van der Waals surface area contributed by atoms with Gasteiger partial charge < -0.3 is 5.32 Å². The lowest BCUT2D eigenvalue weighted by Crippen LogP contribution is -2.05. The molecule has 0 atom stereocenters. The van der Waals surface area contributed by atoms with Crippen molar-refractivity contribution in [2.24, 2.45) is 0 Å². The van der Waals surface area contributed by atoms with Crippen LogP contribution in [0.5, 0.6) is 0 Å². The van der Waals surface area contributed by atoms with Gasteiger partial charge in [-0.25, -0.2) is 0 Å². The Balaban J connectivity index is 2.76. The predicted octanol–water partition coefficient (Wildman–Crippen LogP) is 2.11. The van der Waals surface area contributed by atoms with E-state index < -0.39 is 0 Å². The van der Waals surface area contributed by atoms with Gasteiger partial charge in [-0.05, 0) is 19.2 Å². The first-order valence-electron chi connectivity index (χ1n) is 4.66. The monoisotopic (exact) mass is 221 g/mol. The zero-order valence-electron chi connectivity index (χ0n) is 8.51.